The molecule has 1 amide bonds. The zero-order valence-corrected chi connectivity index (χ0v) is 11.7. The van der Waals surface area contributed by atoms with Gasteiger partial charge in [-0.1, -0.05) is 42.5 Å². The zero-order valence-electron chi connectivity index (χ0n) is 11.7. The fraction of sp³-hybridized carbons (Fsp3) is 0.235. The van der Waals surface area contributed by atoms with E-state index >= 15 is 0 Å². The fourth-order valence-corrected chi connectivity index (χ4v) is 2.02. The summed E-state index contributed by atoms with van der Waals surface area (Å²) in [6.07, 6.45) is 0.494. The number of carbonyl (C=O) groups is 1. The largest absolute Gasteiger partial charge is 0.385 e. The number of benzene rings is 2. The number of carbonyl (C=O) groups excluding carboxylic acids is 1. The smallest absolute Gasteiger partial charge is 0.221 e. The predicted octanol–water partition coefficient (Wildman–Crippen LogP) is 3.29. The number of hydrogen-bond donors (Lipinski definition) is 2. The van der Waals surface area contributed by atoms with Crippen LogP contribution in [0.5, 0.6) is 0 Å². The molecule has 2 aromatic rings. The lowest BCUT2D eigenvalue weighted by Gasteiger charge is -2.08. The van der Waals surface area contributed by atoms with E-state index in [0.29, 0.717) is 19.5 Å². The zero-order chi connectivity index (χ0) is 14.2. The SMILES string of the molecule is CCNC(=O)CCNc1ccc(-c2ccccc2)cc1. The lowest BCUT2D eigenvalue weighted by Crippen LogP contribution is -2.24. The van der Waals surface area contributed by atoms with Crippen molar-refractivity contribution in [3.05, 3.63) is 54.6 Å². The second-order valence-corrected chi connectivity index (χ2v) is 4.57. The number of amides is 1. The van der Waals surface area contributed by atoms with Gasteiger partial charge in [0.05, 0.1) is 0 Å². The molecule has 0 bridgehead atoms. The van der Waals surface area contributed by atoms with Crippen molar-refractivity contribution in [3.63, 3.8) is 0 Å². The molecule has 0 saturated carbocycles. The third-order valence-electron chi connectivity index (χ3n) is 3.05. The van der Waals surface area contributed by atoms with Crippen LogP contribution in [0.2, 0.25) is 0 Å². The maximum absolute atomic E-state index is 11.3. The summed E-state index contributed by atoms with van der Waals surface area (Å²) in [5, 5.41) is 6.04. The molecule has 0 aliphatic carbocycles. The van der Waals surface area contributed by atoms with Gasteiger partial charge in [0.1, 0.15) is 0 Å². The lowest BCUT2D eigenvalue weighted by molar-refractivity contribution is -0.120. The van der Waals surface area contributed by atoms with Crippen molar-refractivity contribution < 1.29 is 4.79 Å². The molecule has 0 aromatic heterocycles. The Bertz CT molecular complexity index is 535. The molecule has 0 radical (unpaired) electrons. The van der Waals surface area contributed by atoms with E-state index in [-0.39, 0.29) is 5.91 Å². The molecule has 20 heavy (non-hydrogen) atoms. The van der Waals surface area contributed by atoms with Gasteiger partial charge in [0.25, 0.3) is 0 Å². The van der Waals surface area contributed by atoms with Gasteiger partial charge in [0, 0.05) is 25.2 Å². The highest BCUT2D eigenvalue weighted by atomic mass is 16.1. The van der Waals surface area contributed by atoms with Crippen LogP contribution in [-0.2, 0) is 4.79 Å². The molecule has 0 fully saturated rings. The van der Waals surface area contributed by atoms with Crippen molar-refractivity contribution in [2.24, 2.45) is 0 Å². The first kappa shape index (κ1) is 14.1. The van der Waals surface area contributed by atoms with E-state index < -0.39 is 0 Å². The molecular formula is C17H20N2O. The average molecular weight is 268 g/mol. The normalized spacial score (nSPS) is 10.1. The molecular weight excluding hydrogens is 248 g/mol. The molecule has 0 aliphatic rings. The molecule has 0 atom stereocenters. The molecule has 3 heteroatoms. The Hall–Kier alpha value is -2.29. The van der Waals surface area contributed by atoms with E-state index in [1.807, 2.05) is 37.3 Å². The molecule has 2 rings (SSSR count). The summed E-state index contributed by atoms with van der Waals surface area (Å²) < 4.78 is 0. The predicted molar refractivity (Wildman–Crippen MR) is 83.7 cm³/mol. The summed E-state index contributed by atoms with van der Waals surface area (Å²) in [4.78, 5) is 11.3. The number of hydrogen-bond acceptors (Lipinski definition) is 2. The molecule has 0 unspecified atom stereocenters. The first-order valence-electron chi connectivity index (χ1n) is 6.95. The van der Waals surface area contributed by atoms with Crippen LogP contribution in [-0.4, -0.2) is 19.0 Å². The third kappa shape index (κ3) is 4.12. The summed E-state index contributed by atoms with van der Waals surface area (Å²) >= 11 is 0. The summed E-state index contributed by atoms with van der Waals surface area (Å²) in [6, 6.07) is 18.5. The minimum absolute atomic E-state index is 0.0842. The van der Waals surface area contributed by atoms with E-state index in [4.69, 9.17) is 0 Å². The van der Waals surface area contributed by atoms with Crippen LogP contribution in [0, 0.1) is 0 Å². The Morgan fingerprint density at radius 2 is 1.60 bits per heavy atom. The monoisotopic (exact) mass is 268 g/mol. The summed E-state index contributed by atoms with van der Waals surface area (Å²) in [5.74, 6) is 0.0842. The van der Waals surface area contributed by atoms with Crippen molar-refractivity contribution in [1.29, 1.82) is 0 Å². The standard InChI is InChI=1S/C17H20N2O/c1-2-18-17(20)12-13-19-16-10-8-15(9-11-16)14-6-4-3-5-7-14/h3-11,19H,2,12-13H2,1H3,(H,18,20). The lowest BCUT2D eigenvalue weighted by atomic mass is 10.1. The Labute approximate surface area is 120 Å². The molecule has 0 heterocycles. The molecule has 104 valence electrons. The number of anilines is 1. The minimum Gasteiger partial charge on any atom is -0.385 e. The van der Waals surface area contributed by atoms with Crippen molar-refractivity contribution in [3.8, 4) is 11.1 Å². The second-order valence-electron chi connectivity index (χ2n) is 4.57. The van der Waals surface area contributed by atoms with Crippen LogP contribution >= 0.6 is 0 Å². The first-order chi connectivity index (χ1) is 9.79. The van der Waals surface area contributed by atoms with Crippen molar-refractivity contribution in [1.82, 2.24) is 5.32 Å². The second kappa shape index (κ2) is 7.34. The van der Waals surface area contributed by atoms with Gasteiger partial charge in [0.2, 0.25) is 5.91 Å². The Morgan fingerprint density at radius 1 is 0.950 bits per heavy atom. The summed E-state index contributed by atoms with van der Waals surface area (Å²) in [7, 11) is 0. The Morgan fingerprint density at radius 3 is 2.25 bits per heavy atom. The molecule has 0 spiro atoms. The summed E-state index contributed by atoms with van der Waals surface area (Å²) in [6.45, 7) is 3.26. The topological polar surface area (TPSA) is 41.1 Å². The van der Waals surface area contributed by atoms with Crippen LogP contribution in [0.15, 0.2) is 54.6 Å². The molecule has 0 aliphatic heterocycles. The minimum atomic E-state index is 0.0842. The van der Waals surface area contributed by atoms with Crippen molar-refractivity contribution >= 4 is 11.6 Å². The Balaban J connectivity index is 1.88. The van der Waals surface area contributed by atoms with Gasteiger partial charge in [-0.15, -0.1) is 0 Å². The van der Waals surface area contributed by atoms with E-state index in [2.05, 4.69) is 34.9 Å². The molecule has 3 nitrogen and oxygen atoms in total. The van der Waals surface area contributed by atoms with Crippen LogP contribution in [0.25, 0.3) is 11.1 Å². The van der Waals surface area contributed by atoms with Gasteiger partial charge < -0.3 is 10.6 Å². The van der Waals surface area contributed by atoms with E-state index in [9.17, 15) is 4.79 Å². The van der Waals surface area contributed by atoms with E-state index in [0.717, 1.165) is 5.69 Å². The van der Waals surface area contributed by atoms with Crippen molar-refractivity contribution in [2.75, 3.05) is 18.4 Å². The van der Waals surface area contributed by atoms with Gasteiger partial charge in [-0.25, -0.2) is 0 Å². The number of rotatable bonds is 6. The van der Waals surface area contributed by atoms with Gasteiger partial charge >= 0.3 is 0 Å². The van der Waals surface area contributed by atoms with E-state index in [1.165, 1.54) is 11.1 Å². The number of nitrogens with one attached hydrogen (secondary N) is 2. The van der Waals surface area contributed by atoms with Crippen LogP contribution in [0.4, 0.5) is 5.69 Å². The van der Waals surface area contributed by atoms with Gasteiger partial charge in [-0.05, 0) is 30.2 Å². The van der Waals surface area contributed by atoms with Crippen LogP contribution in [0.1, 0.15) is 13.3 Å². The highest BCUT2D eigenvalue weighted by molar-refractivity contribution is 5.76. The Kier molecular flexibility index (Phi) is 5.18. The van der Waals surface area contributed by atoms with Gasteiger partial charge in [-0.3, -0.25) is 4.79 Å². The van der Waals surface area contributed by atoms with E-state index in [1.54, 1.807) is 0 Å². The third-order valence-corrected chi connectivity index (χ3v) is 3.05. The van der Waals surface area contributed by atoms with Crippen molar-refractivity contribution in [2.45, 2.75) is 13.3 Å². The first-order valence-corrected chi connectivity index (χ1v) is 6.95. The highest BCUT2D eigenvalue weighted by Crippen LogP contribution is 2.20. The highest BCUT2D eigenvalue weighted by Gasteiger charge is 2.00. The molecule has 0 saturated heterocycles. The van der Waals surface area contributed by atoms with Gasteiger partial charge in [-0.2, -0.15) is 0 Å². The molecule has 2 aromatic carbocycles. The molecule has 2 N–H and O–H groups in total. The summed E-state index contributed by atoms with van der Waals surface area (Å²) in [5.41, 5.74) is 3.44. The maximum atomic E-state index is 11.3. The van der Waals surface area contributed by atoms with Crippen LogP contribution in [0.3, 0.4) is 0 Å². The fourth-order valence-electron chi connectivity index (χ4n) is 2.02. The maximum Gasteiger partial charge on any atom is 0.221 e. The average Bonchev–Trinajstić information content (AvgIpc) is 2.49. The van der Waals surface area contributed by atoms with Crippen LogP contribution < -0.4 is 10.6 Å². The van der Waals surface area contributed by atoms with Gasteiger partial charge in [0.15, 0.2) is 0 Å². The quantitative estimate of drug-likeness (QED) is 0.844.